The van der Waals surface area contributed by atoms with E-state index < -0.39 is 0 Å². The average molecular weight is 438 g/mol. The second-order valence-corrected chi connectivity index (χ2v) is 8.49. The van der Waals surface area contributed by atoms with Crippen LogP contribution >= 0.6 is 11.3 Å². The van der Waals surface area contributed by atoms with Crippen molar-refractivity contribution in [3.63, 3.8) is 0 Å². The molecule has 0 aliphatic carbocycles. The van der Waals surface area contributed by atoms with E-state index in [0.717, 1.165) is 10.4 Å². The molecule has 5 rings (SSSR count). The fourth-order valence-electron chi connectivity index (χ4n) is 3.86. The number of nitrogens with one attached hydrogen (secondary N) is 1. The van der Waals surface area contributed by atoms with Crippen LogP contribution in [-0.2, 0) is 6.54 Å². The Balaban J connectivity index is 1.36. The molecule has 0 atom stereocenters. The Hall–Kier alpha value is -3.40. The summed E-state index contributed by atoms with van der Waals surface area (Å²) < 4.78 is 14.7. The van der Waals surface area contributed by atoms with E-state index >= 15 is 0 Å². The molecule has 1 amide bonds. The van der Waals surface area contributed by atoms with E-state index in [-0.39, 0.29) is 28.7 Å². The molecular weight excluding hydrogens is 419 g/mol. The lowest BCUT2D eigenvalue weighted by molar-refractivity contribution is 0.0716. The highest BCUT2D eigenvalue weighted by molar-refractivity contribution is 7.12. The van der Waals surface area contributed by atoms with Gasteiger partial charge in [0.25, 0.3) is 11.5 Å². The van der Waals surface area contributed by atoms with Gasteiger partial charge in [0.1, 0.15) is 11.6 Å². The van der Waals surface area contributed by atoms with E-state index in [4.69, 9.17) is 0 Å². The molecule has 4 heterocycles. The average Bonchev–Trinajstić information content (AvgIpc) is 3.46. The van der Waals surface area contributed by atoms with Crippen molar-refractivity contribution >= 4 is 28.4 Å². The summed E-state index contributed by atoms with van der Waals surface area (Å²) in [6, 6.07) is 9.80. The Morgan fingerprint density at radius 2 is 1.97 bits per heavy atom. The molecule has 0 unspecified atom stereocenters. The molecule has 0 radical (unpaired) electrons. The van der Waals surface area contributed by atoms with Crippen molar-refractivity contribution in [1.29, 1.82) is 0 Å². The summed E-state index contributed by atoms with van der Waals surface area (Å²) in [5, 5.41) is 9.92. The maximum atomic E-state index is 13.2. The number of piperidine rings is 1. The number of carbonyl (C=O) groups is 1. The van der Waals surface area contributed by atoms with E-state index in [0.29, 0.717) is 43.9 Å². The number of fused-ring (bicyclic) bond motifs is 1. The van der Waals surface area contributed by atoms with Gasteiger partial charge in [0, 0.05) is 19.0 Å². The van der Waals surface area contributed by atoms with Gasteiger partial charge in [0.15, 0.2) is 11.2 Å². The van der Waals surface area contributed by atoms with Crippen molar-refractivity contribution in [2.75, 3.05) is 13.1 Å². The summed E-state index contributed by atoms with van der Waals surface area (Å²) in [7, 11) is 0. The van der Waals surface area contributed by atoms with E-state index in [2.05, 4.69) is 20.3 Å². The molecule has 1 aromatic carbocycles. The lowest BCUT2D eigenvalue weighted by Gasteiger charge is -2.31. The zero-order valence-electron chi connectivity index (χ0n) is 16.5. The van der Waals surface area contributed by atoms with Crippen LogP contribution in [0.5, 0.6) is 0 Å². The highest BCUT2D eigenvalue weighted by Crippen LogP contribution is 2.27. The molecule has 1 saturated heterocycles. The number of rotatable bonds is 4. The van der Waals surface area contributed by atoms with Crippen LogP contribution < -0.4 is 5.56 Å². The molecule has 158 valence electrons. The minimum atomic E-state index is -0.331. The van der Waals surface area contributed by atoms with E-state index in [1.165, 1.54) is 23.5 Å². The molecule has 0 spiro atoms. The van der Waals surface area contributed by atoms with Gasteiger partial charge in [-0.25, -0.2) is 14.1 Å². The van der Waals surface area contributed by atoms with Gasteiger partial charge in [0.05, 0.1) is 11.4 Å². The smallest absolute Gasteiger partial charge is 0.281 e. The van der Waals surface area contributed by atoms with E-state index in [1.54, 1.807) is 16.8 Å². The first kappa shape index (κ1) is 19.6. The van der Waals surface area contributed by atoms with Crippen molar-refractivity contribution in [3.8, 4) is 0 Å². The standard InChI is InChI=1S/C21H19FN6O2S/c22-15-5-3-13(4-6-15)12-28-19-17(25-26-28)20(29)24-18(23-19)14-7-9-27(10-8-14)21(30)16-2-1-11-31-16/h1-6,11,14H,7-10,12H2,(H,23,24,29). The molecule has 1 fully saturated rings. The van der Waals surface area contributed by atoms with Crippen LogP contribution in [-0.4, -0.2) is 48.9 Å². The van der Waals surface area contributed by atoms with Crippen molar-refractivity contribution in [2.45, 2.75) is 25.3 Å². The first-order chi connectivity index (χ1) is 15.1. The topological polar surface area (TPSA) is 96.8 Å². The molecule has 3 aromatic heterocycles. The lowest BCUT2D eigenvalue weighted by Crippen LogP contribution is -2.38. The number of carbonyl (C=O) groups excluding carboxylic acids is 1. The van der Waals surface area contributed by atoms with Crippen LogP contribution in [0, 0.1) is 5.82 Å². The van der Waals surface area contributed by atoms with Gasteiger partial charge in [-0.05, 0) is 42.0 Å². The highest BCUT2D eigenvalue weighted by atomic mass is 32.1. The lowest BCUT2D eigenvalue weighted by atomic mass is 9.96. The first-order valence-electron chi connectivity index (χ1n) is 9.99. The maximum Gasteiger partial charge on any atom is 0.281 e. The van der Waals surface area contributed by atoms with Crippen molar-refractivity contribution in [1.82, 2.24) is 29.9 Å². The number of hydrogen-bond donors (Lipinski definition) is 1. The molecule has 4 aromatic rings. The highest BCUT2D eigenvalue weighted by Gasteiger charge is 2.27. The largest absolute Gasteiger partial charge is 0.338 e. The summed E-state index contributed by atoms with van der Waals surface area (Å²) in [4.78, 5) is 35.2. The van der Waals surface area contributed by atoms with Gasteiger partial charge in [-0.15, -0.1) is 16.4 Å². The summed E-state index contributed by atoms with van der Waals surface area (Å²) in [6.07, 6.45) is 1.43. The molecular formula is C21H19FN6O2S. The number of amides is 1. The monoisotopic (exact) mass is 438 g/mol. The minimum absolute atomic E-state index is 0.0404. The van der Waals surface area contributed by atoms with Crippen LogP contribution in [0.15, 0.2) is 46.6 Å². The number of H-pyrrole nitrogens is 1. The Morgan fingerprint density at radius 1 is 1.19 bits per heavy atom. The van der Waals surface area contributed by atoms with Gasteiger partial charge < -0.3 is 9.88 Å². The Bertz CT molecular complexity index is 1270. The molecule has 8 nitrogen and oxygen atoms in total. The number of aromatic nitrogens is 5. The fourth-order valence-corrected chi connectivity index (χ4v) is 4.55. The number of nitrogens with zero attached hydrogens (tertiary/aromatic N) is 5. The number of likely N-dealkylation sites (tertiary alicyclic amines) is 1. The van der Waals surface area contributed by atoms with Gasteiger partial charge in [-0.1, -0.05) is 23.4 Å². The van der Waals surface area contributed by atoms with Crippen LogP contribution in [0.3, 0.4) is 0 Å². The summed E-state index contributed by atoms with van der Waals surface area (Å²) in [6.45, 7) is 1.55. The molecule has 0 saturated carbocycles. The third kappa shape index (κ3) is 3.86. The zero-order valence-corrected chi connectivity index (χ0v) is 17.3. The Labute approximate surface area is 180 Å². The number of benzene rings is 1. The van der Waals surface area contributed by atoms with Crippen molar-refractivity contribution in [3.05, 3.63) is 74.2 Å². The van der Waals surface area contributed by atoms with E-state index in [9.17, 15) is 14.0 Å². The van der Waals surface area contributed by atoms with Gasteiger partial charge in [0.2, 0.25) is 0 Å². The summed E-state index contributed by atoms with van der Waals surface area (Å²) in [5.74, 6) is 0.363. The Kier molecular flexibility index (Phi) is 5.06. The van der Waals surface area contributed by atoms with Gasteiger partial charge in [-0.3, -0.25) is 9.59 Å². The van der Waals surface area contributed by atoms with Crippen LogP contribution in [0.1, 0.15) is 39.8 Å². The van der Waals surface area contributed by atoms with Crippen molar-refractivity contribution < 1.29 is 9.18 Å². The second kappa shape index (κ2) is 8.03. The summed E-state index contributed by atoms with van der Waals surface area (Å²) >= 11 is 1.44. The molecule has 0 bridgehead atoms. The third-order valence-corrected chi connectivity index (χ3v) is 6.40. The molecule has 10 heteroatoms. The normalized spacial score (nSPS) is 14.9. The molecule has 1 aliphatic heterocycles. The predicted octanol–water partition coefficient (Wildman–Crippen LogP) is 2.78. The summed E-state index contributed by atoms with van der Waals surface area (Å²) in [5.41, 5.74) is 1.08. The SMILES string of the molecule is O=C(c1cccs1)N1CCC(c2nc3c(nnn3Cc3ccc(F)cc3)c(=O)[nH]2)CC1. The third-order valence-electron chi connectivity index (χ3n) is 5.54. The molecule has 1 aliphatic rings. The quantitative estimate of drug-likeness (QED) is 0.529. The number of halogens is 1. The number of aromatic amines is 1. The molecule has 31 heavy (non-hydrogen) atoms. The fraction of sp³-hybridized carbons (Fsp3) is 0.286. The van der Waals surface area contributed by atoms with Gasteiger partial charge >= 0.3 is 0 Å². The first-order valence-corrected chi connectivity index (χ1v) is 10.9. The van der Waals surface area contributed by atoms with Crippen LogP contribution in [0.25, 0.3) is 11.2 Å². The number of hydrogen-bond acceptors (Lipinski definition) is 6. The maximum absolute atomic E-state index is 13.2. The predicted molar refractivity (Wildman–Crippen MR) is 114 cm³/mol. The van der Waals surface area contributed by atoms with E-state index in [1.807, 2.05) is 22.4 Å². The number of thiophene rings is 1. The van der Waals surface area contributed by atoms with Crippen molar-refractivity contribution in [2.24, 2.45) is 0 Å². The van der Waals surface area contributed by atoms with Crippen LogP contribution in [0.4, 0.5) is 4.39 Å². The van der Waals surface area contributed by atoms with Gasteiger partial charge in [-0.2, -0.15) is 0 Å². The van der Waals surface area contributed by atoms with Crippen LogP contribution in [0.2, 0.25) is 0 Å². The Morgan fingerprint density at radius 3 is 2.68 bits per heavy atom. The second-order valence-electron chi connectivity index (χ2n) is 7.54. The minimum Gasteiger partial charge on any atom is -0.338 e. The zero-order chi connectivity index (χ0) is 21.4. The molecule has 1 N–H and O–H groups in total.